The first-order valence-corrected chi connectivity index (χ1v) is 7.92. The summed E-state index contributed by atoms with van der Waals surface area (Å²) in [7, 11) is -3.42. The van der Waals surface area contributed by atoms with Crippen LogP contribution in [-0.4, -0.2) is 14.5 Å². The van der Waals surface area contributed by atoms with Crippen molar-refractivity contribution >= 4 is 26.0 Å². The highest BCUT2D eigenvalue weighted by molar-refractivity contribution is 9.10. The number of nitrogens with one attached hydrogen (secondary N) is 1. The van der Waals surface area contributed by atoms with Crippen LogP contribution < -0.4 is 4.72 Å². The second-order valence-corrected chi connectivity index (χ2v) is 6.88. The molecule has 0 aliphatic carbocycles. The summed E-state index contributed by atoms with van der Waals surface area (Å²) in [5, 5.41) is 0. The number of hydrogen-bond donors (Lipinski definition) is 1. The van der Waals surface area contributed by atoms with Crippen LogP contribution in [0.3, 0.4) is 0 Å². The van der Waals surface area contributed by atoms with Crippen LogP contribution >= 0.6 is 15.9 Å². The smallest absolute Gasteiger partial charge is 0.208 e. The van der Waals surface area contributed by atoms with E-state index in [1.54, 1.807) is 24.3 Å². The molecule has 0 saturated heterocycles. The molecule has 5 heteroatoms. The molecule has 17 heavy (non-hydrogen) atoms. The van der Waals surface area contributed by atoms with Crippen molar-refractivity contribution in [3.8, 4) is 0 Å². The molecule has 2 unspecified atom stereocenters. The van der Waals surface area contributed by atoms with Gasteiger partial charge in [-0.3, -0.25) is 0 Å². The normalized spacial score (nSPS) is 15.5. The minimum atomic E-state index is -3.42. The molecule has 0 saturated carbocycles. The predicted octanol–water partition coefficient (Wildman–Crippen LogP) is 3.16. The molecule has 0 spiro atoms. The van der Waals surface area contributed by atoms with Crippen molar-refractivity contribution in [3.05, 3.63) is 28.7 Å². The van der Waals surface area contributed by atoms with Gasteiger partial charge in [0, 0.05) is 10.5 Å². The average Bonchev–Trinajstić information content (AvgIpc) is 2.27. The summed E-state index contributed by atoms with van der Waals surface area (Å²) in [6.07, 6.45) is 0.947. The first-order valence-electron chi connectivity index (χ1n) is 5.64. The van der Waals surface area contributed by atoms with Gasteiger partial charge in [-0.1, -0.05) is 42.3 Å². The molecule has 1 aromatic rings. The molecule has 0 amide bonds. The fourth-order valence-corrected chi connectivity index (χ4v) is 3.37. The van der Waals surface area contributed by atoms with Gasteiger partial charge in [-0.2, -0.15) is 0 Å². The lowest BCUT2D eigenvalue weighted by Gasteiger charge is -2.19. The maximum atomic E-state index is 12.1. The molecule has 0 radical (unpaired) electrons. The number of hydrogen-bond acceptors (Lipinski definition) is 2. The van der Waals surface area contributed by atoms with Crippen LogP contribution in [0.5, 0.6) is 0 Å². The fourth-order valence-electron chi connectivity index (χ4n) is 1.42. The van der Waals surface area contributed by atoms with Crippen LogP contribution in [0.1, 0.15) is 27.2 Å². The third-order valence-electron chi connectivity index (χ3n) is 2.94. The molecule has 0 heterocycles. The van der Waals surface area contributed by atoms with Crippen molar-refractivity contribution < 1.29 is 8.42 Å². The summed E-state index contributed by atoms with van der Waals surface area (Å²) in [5.74, 6) is 0.317. The molecule has 0 aliphatic rings. The van der Waals surface area contributed by atoms with Gasteiger partial charge in [0.15, 0.2) is 0 Å². The Morgan fingerprint density at radius 2 is 2.00 bits per heavy atom. The summed E-state index contributed by atoms with van der Waals surface area (Å²) >= 11 is 3.27. The van der Waals surface area contributed by atoms with E-state index in [9.17, 15) is 8.42 Å². The van der Waals surface area contributed by atoms with Gasteiger partial charge >= 0.3 is 0 Å². The molecular weight excluding hydrogens is 302 g/mol. The molecule has 2 atom stereocenters. The van der Waals surface area contributed by atoms with Crippen LogP contribution in [0.15, 0.2) is 33.6 Å². The molecule has 0 bridgehead atoms. The molecule has 1 aromatic carbocycles. The second kappa shape index (κ2) is 5.98. The van der Waals surface area contributed by atoms with E-state index >= 15 is 0 Å². The molecular formula is C12H18BrNO2S. The van der Waals surface area contributed by atoms with Crippen LogP contribution in [0.25, 0.3) is 0 Å². The lowest BCUT2D eigenvalue weighted by Crippen LogP contribution is -2.36. The SMILES string of the molecule is CCC(C)C(C)NS(=O)(=O)c1cccc(Br)c1. The van der Waals surface area contributed by atoms with E-state index in [-0.39, 0.29) is 6.04 Å². The lowest BCUT2D eigenvalue weighted by molar-refractivity contribution is 0.434. The molecule has 3 nitrogen and oxygen atoms in total. The third-order valence-corrected chi connectivity index (χ3v) is 4.99. The van der Waals surface area contributed by atoms with Crippen LogP contribution in [0.4, 0.5) is 0 Å². The summed E-state index contributed by atoms with van der Waals surface area (Å²) in [5.41, 5.74) is 0. The summed E-state index contributed by atoms with van der Waals surface area (Å²) < 4.78 is 27.6. The van der Waals surface area contributed by atoms with E-state index in [0.29, 0.717) is 10.8 Å². The van der Waals surface area contributed by atoms with E-state index in [2.05, 4.69) is 27.6 Å². The van der Waals surface area contributed by atoms with E-state index in [1.165, 1.54) is 0 Å². The molecule has 0 aliphatic heterocycles. The maximum absolute atomic E-state index is 12.1. The molecule has 0 fully saturated rings. The van der Waals surface area contributed by atoms with Gasteiger partial charge < -0.3 is 0 Å². The van der Waals surface area contributed by atoms with Gasteiger partial charge in [-0.15, -0.1) is 0 Å². The topological polar surface area (TPSA) is 46.2 Å². The van der Waals surface area contributed by atoms with Crippen molar-refractivity contribution in [1.82, 2.24) is 4.72 Å². The van der Waals surface area contributed by atoms with Crippen molar-refractivity contribution in [2.24, 2.45) is 5.92 Å². The molecule has 0 aromatic heterocycles. The highest BCUT2D eigenvalue weighted by Crippen LogP contribution is 2.17. The summed E-state index contributed by atoms with van der Waals surface area (Å²) in [6, 6.07) is 6.65. The Bertz CT molecular complexity index is 473. The van der Waals surface area contributed by atoms with Gasteiger partial charge in [-0.05, 0) is 31.0 Å². The van der Waals surface area contributed by atoms with E-state index in [4.69, 9.17) is 0 Å². The van der Waals surface area contributed by atoms with Crippen molar-refractivity contribution in [1.29, 1.82) is 0 Å². The molecule has 96 valence electrons. The van der Waals surface area contributed by atoms with Gasteiger partial charge in [0.05, 0.1) is 4.90 Å². The first-order chi connectivity index (χ1) is 7.86. The monoisotopic (exact) mass is 319 g/mol. The Morgan fingerprint density at radius 3 is 2.53 bits per heavy atom. The minimum Gasteiger partial charge on any atom is -0.208 e. The maximum Gasteiger partial charge on any atom is 0.240 e. The Balaban J connectivity index is 2.89. The Labute approximate surface area is 112 Å². The quantitative estimate of drug-likeness (QED) is 0.906. The Hall–Kier alpha value is -0.390. The molecule has 1 rings (SSSR count). The highest BCUT2D eigenvalue weighted by Gasteiger charge is 2.20. The zero-order valence-electron chi connectivity index (χ0n) is 10.3. The summed E-state index contributed by atoms with van der Waals surface area (Å²) in [4.78, 5) is 0.294. The zero-order chi connectivity index (χ0) is 13.1. The van der Waals surface area contributed by atoms with Crippen molar-refractivity contribution in [2.45, 2.75) is 38.1 Å². The van der Waals surface area contributed by atoms with Crippen LogP contribution in [-0.2, 0) is 10.0 Å². The minimum absolute atomic E-state index is 0.0658. The van der Waals surface area contributed by atoms with Crippen molar-refractivity contribution in [3.63, 3.8) is 0 Å². The molecule has 1 N–H and O–H groups in total. The number of halogens is 1. The second-order valence-electron chi connectivity index (χ2n) is 4.25. The Morgan fingerprint density at radius 1 is 1.35 bits per heavy atom. The highest BCUT2D eigenvalue weighted by atomic mass is 79.9. The standard InChI is InChI=1S/C12H18BrNO2S/c1-4-9(2)10(3)14-17(15,16)12-7-5-6-11(13)8-12/h5-10,14H,4H2,1-3H3. The number of benzene rings is 1. The van der Waals surface area contributed by atoms with Gasteiger partial charge in [0.2, 0.25) is 10.0 Å². The lowest BCUT2D eigenvalue weighted by atomic mass is 10.0. The summed E-state index contributed by atoms with van der Waals surface area (Å²) in [6.45, 7) is 5.98. The largest absolute Gasteiger partial charge is 0.240 e. The number of rotatable bonds is 5. The third kappa shape index (κ3) is 4.08. The average molecular weight is 320 g/mol. The van der Waals surface area contributed by atoms with E-state index in [1.807, 2.05) is 13.8 Å². The van der Waals surface area contributed by atoms with E-state index in [0.717, 1.165) is 10.9 Å². The fraction of sp³-hybridized carbons (Fsp3) is 0.500. The zero-order valence-corrected chi connectivity index (χ0v) is 12.7. The van der Waals surface area contributed by atoms with Gasteiger partial charge in [0.25, 0.3) is 0 Å². The van der Waals surface area contributed by atoms with Gasteiger partial charge in [0.1, 0.15) is 0 Å². The van der Waals surface area contributed by atoms with Gasteiger partial charge in [-0.25, -0.2) is 13.1 Å². The van der Waals surface area contributed by atoms with Crippen LogP contribution in [0.2, 0.25) is 0 Å². The van der Waals surface area contributed by atoms with Crippen molar-refractivity contribution in [2.75, 3.05) is 0 Å². The number of sulfonamides is 1. The predicted molar refractivity (Wildman–Crippen MR) is 73.4 cm³/mol. The Kier molecular flexibility index (Phi) is 5.16. The van der Waals surface area contributed by atoms with E-state index < -0.39 is 10.0 Å². The first kappa shape index (κ1) is 14.7. The van der Waals surface area contributed by atoms with Crippen LogP contribution in [0, 0.1) is 5.92 Å².